The van der Waals surface area contributed by atoms with Crippen LogP contribution in [-0.4, -0.2) is 0 Å². The van der Waals surface area contributed by atoms with Crippen LogP contribution in [-0.2, 0) is 5.41 Å². The molecule has 4 aliphatic carbocycles. The molecule has 0 radical (unpaired) electrons. The van der Waals surface area contributed by atoms with Gasteiger partial charge >= 0.3 is 0 Å². The topological polar surface area (TPSA) is 13.1 Å². The fourth-order valence-electron chi connectivity index (χ4n) is 9.31. The number of rotatable bonds is 3. The zero-order valence-corrected chi connectivity index (χ0v) is 23.1. The molecule has 0 amide bonds. The van der Waals surface area contributed by atoms with Crippen molar-refractivity contribution in [2.75, 3.05) is 0 Å². The molecule has 196 valence electrons. The van der Waals surface area contributed by atoms with Gasteiger partial charge in [0.15, 0.2) is 0 Å². The first kappa shape index (κ1) is 22.9. The Labute approximate surface area is 235 Å². The molecule has 4 saturated carbocycles. The molecular weight excluding hydrogens is 484 g/mol. The summed E-state index contributed by atoms with van der Waals surface area (Å²) in [5.41, 5.74) is 10.1. The van der Waals surface area contributed by atoms with E-state index in [2.05, 4.69) is 104 Å². The minimum absolute atomic E-state index is 0.434. The summed E-state index contributed by atoms with van der Waals surface area (Å²) in [6, 6.07) is 36.1. The molecule has 0 aliphatic heterocycles. The van der Waals surface area contributed by atoms with E-state index < -0.39 is 0 Å². The molecule has 0 N–H and O–H groups in total. The second kappa shape index (κ2) is 8.33. The zero-order chi connectivity index (χ0) is 26.4. The highest BCUT2D eigenvalue weighted by atomic mass is 16.3. The third-order valence-corrected chi connectivity index (χ3v) is 10.6. The predicted octanol–water partition coefficient (Wildman–Crippen LogP) is 10.8. The summed E-state index contributed by atoms with van der Waals surface area (Å²) in [7, 11) is 0. The summed E-state index contributed by atoms with van der Waals surface area (Å²) < 4.78 is 6.82. The molecule has 4 aliphatic rings. The minimum atomic E-state index is 0.434. The van der Waals surface area contributed by atoms with Gasteiger partial charge < -0.3 is 4.42 Å². The summed E-state index contributed by atoms with van der Waals surface area (Å²) in [6.45, 7) is 2.21. The van der Waals surface area contributed by atoms with E-state index in [1.165, 1.54) is 82.3 Å². The summed E-state index contributed by atoms with van der Waals surface area (Å²) in [6.07, 6.45) is 8.71. The van der Waals surface area contributed by atoms with Crippen molar-refractivity contribution in [3.05, 3.63) is 108 Å². The number of aryl methyl sites for hydroxylation is 1. The highest BCUT2D eigenvalue weighted by molar-refractivity contribution is 6.13. The summed E-state index contributed by atoms with van der Waals surface area (Å²) in [5, 5.41) is 4.91. The van der Waals surface area contributed by atoms with Gasteiger partial charge in [0.05, 0.1) is 0 Å². The molecule has 0 unspecified atom stereocenters. The SMILES string of the molecule is Cc1cc(-c2ccc(C34CC5CC(CC(C5)C3)C4)cc2)c2oc3c(-c4ccc5ccccc5c4)cccc3c2c1. The van der Waals surface area contributed by atoms with Crippen LogP contribution < -0.4 is 0 Å². The van der Waals surface area contributed by atoms with Crippen molar-refractivity contribution in [3.63, 3.8) is 0 Å². The Hall–Kier alpha value is -3.84. The van der Waals surface area contributed by atoms with E-state index >= 15 is 0 Å². The van der Waals surface area contributed by atoms with E-state index in [4.69, 9.17) is 4.42 Å². The lowest BCUT2D eigenvalue weighted by Gasteiger charge is -2.57. The highest BCUT2D eigenvalue weighted by Gasteiger charge is 2.51. The highest BCUT2D eigenvalue weighted by Crippen LogP contribution is 2.60. The van der Waals surface area contributed by atoms with Crippen LogP contribution in [0.15, 0.2) is 101 Å². The fraction of sp³-hybridized carbons (Fsp3) is 0.282. The number of furan rings is 1. The van der Waals surface area contributed by atoms with Crippen molar-refractivity contribution in [2.45, 2.75) is 50.9 Å². The Morgan fingerprint density at radius 3 is 2.00 bits per heavy atom. The Balaban J connectivity index is 1.16. The third-order valence-electron chi connectivity index (χ3n) is 10.6. The molecule has 4 bridgehead atoms. The van der Waals surface area contributed by atoms with Crippen LogP contribution >= 0.6 is 0 Å². The van der Waals surface area contributed by atoms with Gasteiger partial charge in [0, 0.05) is 21.9 Å². The maximum absolute atomic E-state index is 6.82. The molecule has 4 fully saturated rings. The zero-order valence-electron chi connectivity index (χ0n) is 23.1. The van der Waals surface area contributed by atoms with Crippen molar-refractivity contribution >= 4 is 32.7 Å². The van der Waals surface area contributed by atoms with Crippen LogP contribution in [0.1, 0.15) is 49.7 Å². The van der Waals surface area contributed by atoms with Gasteiger partial charge in [0.25, 0.3) is 0 Å². The van der Waals surface area contributed by atoms with Crippen molar-refractivity contribution in [1.82, 2.24) is 0 Å². The normalized spacial score (nSPS) is 25.4. The number of fused-ring (bicyclic) bond motifs is 4. The average molecular weight is 519 g/mol. The van der Waals surface area contributed by atoms with Gasteiger partial charge in [-0.05, 0) is 120 Å². The lowest BCUT2D eigenvalue weighted by Crippen LogP contribution is -2.48. The lowest BCUT2D eigenvalue weighted by molar-refractivity contribution is -0.00518. The first-order chi connectivity index (χ1) is 19.6. The predicted molar refractivity (Wildman–Crippen MR) is 167 cm³/mol. The molecule has 0 saturated heterocycles. The monoisotopic (exact) mass is 518 g/mol. The van der Waals surface area contributed by atoms with Crippen molar-refractivity contribution < 1.29 is 4.42 Å². The van der Waals surface area contributed by atoms with Crippen molar-refractivity contribution in [2.24, 2.45) is 17.8 Å². The van der Waals surface area contributed by atoms with E-state index in [-0.39, 0.29) is 0 Å². The molecule has 0 atom stereocenters. The van der Waals surface area contributed by atoms with E-state index in [1.54, 1.807) is 5.56 Å². The second-order valence-electron chi connectivity index (χ2n) is 13.3. The number of benzene rings is 5. The van der Waals surface area contributed by atoms with Crippen molar-refractivity contribution in [1.29, 1.82) is 0 Å². The smallest absolute Gasteiger partial charge is 0.143 e. The van der Waals surface area contributed by atoms with Crippen LogP contribution in [0.25, 0.3) is 55.0 Å². The van der Waals surface area contributed by atoms with E-state index in [9.17, 15) is 0 Å². The average Bonchev–Trinajstić information content (AvgIpc) is 3.34. The van der Waals surface area contributed by atoms with Gasteiger partial charge in [-0.2, -0.15) is 0 Å². The third kappa shape index (κ3) is 3.40. The largest absolute Gasteiger partial charge is 0.455 e. The summed E-state index contributed by atoms with van der Waals surface area (Å²) >= 11 is 0. The van der Waals surface area contributed by atoms with Gasteiger partial charge in [-0.1, -0.05) is 78.9 Å². The minimum Gasteiger partial charge on any atom is -0.455 e. The fourth-order valence-corrected chi connectivity index (χ4v) is 9.31. The molecule has 10 rings (SSSR count). The molecule has 1 heterocycles. The van der Waals surface area contributed by atoms with E-state index in [0.717, 1.165) is 34.5 Å². The quantitative estimate of drug-likeness (QED) is 0.227. The molecular formula is C39H34O. The Morgan fingerprint density at radius 1 is 0.575 bits per heavy atom. The van der Waals surface area contributed by atoms with Crippen LogP contribution in [0, 0.1) is 24.7 Å². The van der Waals surface area contributed by atoms with Crippen LogP contribution in [0.4, 0.5) is 0 Å². The van der Waals surface area contributed by atoms with Gasteiger partial charge in [-0.3, -0.25) is 0 Å². The number of para-hydroxylation sites is 1. The number of hydrogen-bond donors (Lipinski definition) is 0. The van der Waals surface area contributed by atoms with Gasteiger partial charge in [-0.25, -0.2) is 0 Å². The molecule has 1 heteroatoms. The van der Waals surface area contributed by atoms with Gasteiger partial charge in [-0.15, -0.1) is 0 Å². The Kier molecular flexibility index (Phi) is 4.78. The summed E-state index contributed by atoms with van der Waals surface area (Å²) in [5.74, 6) is 2.90. The summed E-state index contributed by atoms with van der Waals surface area (Å²) in [4.78, 5) is 0. The first-order valence-corrected chi connectivity index (χ1v) is 15.2. The first-order valence-electron chi connectivity index (χ1n) is 15.2. The lowest BCUT2D eigenvalue weighted by atomic mass is 9.48. The van der Waals surface area contributed by atoms with E-state index in [1.807, 2.05) is 0 Å². The Bertz CT molecular complexity index is 1900. The maximum atomic E-state index is 6.82. The van der Waals surface area contributed by atoms with Gasteiger partial charge in [0.2, 0.25) is 0 Å². The van der Waals surface area contributed by atoms with Crippen LogP contribution in [0.2, 0.25) is 0 Å². The van der Waals surface area contributed by atoms with E-state index in [0.29, 0.717) is 5.41 Å². The maximum Gasteiger partial charge on any atom is 0.143 e. The molecule has 1 nitrogen and oxygen atoms in total. The molecule has 1 aromatic heterocycles. The molecule has 5 aromatic carbocycles. The van der Waals surface area contributed by atoms with Crippen molar-refractivity contribution in [3.8, 4) is 22.3 Å². The molecule has 40 heavy (non-hydrogen) atoms. The van der Waals surface area contributed by atoms with Crippen LogP contribution in [0.3, 0.4) is 0 Å². The number of hydrogen-bond acceptors (Lipinski definition) is 1. The van der Waals surface area contributed by atoms with Gasteiger partial charge in [0.1, 0.15) is 11.2 Å². The molecule has 6 aromatic rings. The second-order valence-corrected chi connectivity index (χ2v) is 13.3. The van der Waals surface area contributed by atoms with Crippen LogP contribution in [0.5, 0.6) is 0 Å². The standard InChI is InChI=1S/C39H34O/c1-24-15-35(29-11-13-32(14-12-29)39-21-25-17-26(22-39)19-27(18-25)23-39)38-36(16-24)34-8-4-7-33(37(34)40-38)31-10-9-28-5-2-3-6-30(28)20-31/h2-16,20,25-27H,17-19,21-23H2,1H3. The molecule has 0 spiro atoms. The Morgan fingerprint density at radius 2 is 1.25 bits per heavy atom.